The van der Waals surface area contributed by atoms with Crippen LogP contribution in [-0.2, 0) is 18.4 Å². The Balaban J connectivity index is 2.48. The molecule has 0 aromatic heterocycles. The number of rotatable bonds is 8. The molecule has 1 fully saturated rings. The summed E-state index contributed by atoms with van der Waals surface area (Å²) in [6.45, 7) is 5.13. The molecule has 1 atom stereocenters. The van der Waals surface area contributed by atoms with Crippen LogP contribution in [0.1, 0.15) is 20.3 Å². The summed E-state index contributed by atoms with van der Waals surface area (Å²) >= 11 is 0. The van der Waals surface area contributed by atoms with Gasteiger partial charge in [-0.15, -0.1) is 0 Å². The van der Waals surface area contributed by atoms with Crippen molar-refractivity contribution in [3.8, 4) is 0 Å². The monoisotopic (exact) mass is 351 g/mol. The normalized spacial score (nSPS) is 17.2. The maximum Gasteiger partial charge on any atom is 0.407 e. The lowest BCUT2D eigenvalue weighted by atomic mass is 10.2. The number of carbonyl (C=O) groups is 2. The van der Waals surface area contributed by atoms with Crippen molar-refractivity contribution in [2.24, 2.45) is 5.73 Å². The molecule has 0 saturated carbocycles. The van der Waals surface area contributed by atoms with Crippen molar-refractivity contribution in [3.63, 3.8) is 0 Å². The molecule has 3 N–H and O–H groups in total. The Morgan fingerprint density at radius 2 is 1.61 bits per heavy atom. The molecule has 0 aromatic carbocycles. The smallest absolute Gasteiger partial charge is 0.407 e. The van der Waals surface area contributed by atoms with Gasteiger partial charge in [0.15, 0.2) is 0 Å². The van der Waals surface area contributed by atoms with Crippen molar-refractivity contribution < 1.29 is 28.3 Å². The first-order valence-corrected chi connectivity index (χ1v) is 9.46. The van der Waals surface area contributed by atoms with Crippen molar-refractivity contribution in [3.05, 3.63) is 0 Å². The molecule has 0 aliphatic carbocycles. The van der Waals surface area contributed by atoms with Gasteiger partial charge in [0.1, 0.15) is 0 Å². The third-order valence-electron chi connectivity index (χ3n) is 3.54. The van der Waals surface area contributed by atoms with Gasteiger partial charge in [-0.25, -0.2) is 4.79 Å². The first-order valence-electron chi connectivity index (χ1n) is 7.73. The average Bonchev–Trinajstić information content (AvgIpc) is 2.52. The fraction of sp³-hybridized carbons (Fsp3) is 0.846. The molecule has 1 rings (SSSR count). The summed E-state index contributed by atoms with van der Waals surface area (Å²) in [4.78, 5) is 25.9. The average molecular weight is 351 g/mol. The molecule has 1 saturated heterocycles. The van der Waals surface area contributed by atoms with Crippen LogP contribution in [0.2, 0.25) is 0 Å². The number of nitrogens with zero attached hydrogens (tertiary/aromatic N) is 2. The maximum absolute atomic E-state index is 12.3. The molecule has 2 amide bonds. The number of hydrogen-bond acceptors (Lipinski definition) is 6. The van der Waals surface area contributed by atoms with E-state index in [1.807, 2.05) is 0 Å². The maximum atomic E-state index is 12.3. The fourth-order valence-corrected chi connectivity index (χ4v) is 4.05. The van der Waals surface area contributed by atoms with Gasteiger partial charge in [-0.1, -0.05) is 0 Å². The van der Waals surface area contributed by atoms with E-state index >= 15 is 0 Å². The van der Waals surface area contributed by atoms with Gasteiger partial charge >= 0.3 is 13.7 Å². The van der Waals surface area contributed by atoms with Crippen LogP contribution >= 0.6 is 7.60 Å². The summed E-state index contributed by atoms with van der Waals surface area (Å²) in [5.41, 5.74) is 5.89. The number of amides is 2. The number of piperazine rings is 1. The molecule has 9 nitrogen and oxygen atoms in total. The lowest BCUT2D eigenvalue weighted by Gasteiger charge is -2.34. The first kappa shape index (κ1) is 19.9. The van der Waals surface area contributed by atoms with Gasteiger partial charge in [-0.05, 0) is 20.3 Å². The van der Waals surface area contributed by atoms with Crippen LogP contribution in [0.25, 0.3) is 0 Å². The summed E-state index contributed by atoms with van der Waals surface area (Å²) in [7, 11) is -3.21. The standard InChI is InChI=1S/C13H26N3O6P/c1-3-21-23(20,22-4-2)10-5-11(14)12(17)15-6-8-16(9-7-15)13(18)19/h11H,3-10,14H2,1-2H3,(H,18,19)/t11-/m1/s1. The molecule has 0 unspecified atom stereocenters. The Labute approximate surface area is 136 Å². The summed E-state index contributed by atoms with van der Waals surface area (Å²) in [6.07, 6.45) is -0.720. The van der Waals surface area contributed by atoms with Gasteiger partial charge in [0.25, 0.3) is 0 Å². The Morgan fingerprint density at radius 3 is 2.04 bits per heavy atom. The number of hydrogen-bond donors (Lipinski definition) is 2. The van der Waals surface area contributed by atoms with E-state index in [0.29, 0.717) is 13.1 Å². The summed E-state index contributed by atoms with van der Waals surface area (Å²) in [5, 5.41) is 8.89. The number of carboxylic acid groups (broad SMARTS) is 1. The fourth-order valence-electron chi connectivity index (χ4n) is 2.33. The summed E-state index contributed by atoms with van der Waals surface area (Å²) in [6, 6.07) is -0.805. The second-order valence-corrected chi connectivity index (χ2v) is 7.35. The quantitative estimate of drug-likeness (QED) is 0.620. The molecular formula is C13H26N3O6P. The van der Waals surface area contributed by atoms with Gasteiger partial charge in [0, 0.05) is 26.2 Å². The van der Waals surface area contributed by atoms with Crippen molar-refractivity contribution in [2.45, 2.75) is 26.3 Å². The van der Waals surface area contributed by atoms with E-state index in [2.05, 4.69) is 0 Å². The van der Waals surface area contributed by atoms with Crippen LogP contribution < -0.4 is 5.73 Å². The lowest BCUT2D eigenvalue weighted by molar-refractivity contribution is -0.134. The predicted molar refractivity (Wildman–Crippen MR) is 84.5 cm³/mol. The highest BCUT2D eigenvalue weighted by molar-refractivity contribution is 7.53. The molecule has 0 spiro atoms. The topological polar surface area (TPSA) is 122 Å². The van der Waals surface area contributed by atoms with Gasteiger partial charge in [0.2, 0.25) is 5.91 Å². The van der Waals surface area contributed by atoms with E-state index in [1.54, 1.807) is 13.8 Å². The van der Waals surface area contributed by atoms with E-state index in [0.717, 1.165) is 0 Å². The third-order valence-corrected chi connectivity index (χ3v) is 5.65. The molecule has 1 aliphatic rings. The molecular weight excluding hydrogens is 325 g/mol. The molecule has 0 aromatic rings. The zero-order valence-corrected chi connectivity index (χ0v) is 14.5. The molecule has 1 heterocycles. The van der Waals surface area contributed by atoms with Crippen molar-refractivity contribution in [1.29, 1.82) is 0 Å². The highest BCUT2D eigenvalue weighted by atomic mass is 31.2. The zero-order chi connectivity index (χ0) is 17.5. The molecule has 0 bridgehead atoms. The van der Waals surface area contributed by atoms with Crippen LogP contribution in [0.15, 0.2) is 0 Å². The minimum Gasteiger partial charge on any atom is -0.465 e. The lowest BCUT2D eigenvalue weighted by Crippen LogP contribution is -2.54. The van der Waals surface area contributed by atoms with Crippen molar-refractivity contribution >= 4 is 19.6 Å². The predicted octanol–water partition coefficient (Wildman–Crippen LogP) is 0.792. The van der Waals surface area contributed by atoms with Crippen LogP contribution in [0.3, 0.4) is 0 Å². The van der Waals surface area contributed by atoms with Gasteiger partial charge < -0.3 is 29.7 Å². The second kappa shape index (κ2) is 9.22. The molecule has 134 valence electrons. The molecule has 1 aliphatic heterocycles. The van der Waals surface area contributed by atoms with E-state index in [-0.39, 0.29) is 44.8 Å². The van der Waals surface area contributed by atoms with Gasteiger partial charge in [0.05, 0.1) is 25.4 Å². The van der Waals surface area contributed by atoms with Crippen LogP contribution in [0.4, 0.5) is 4.79 Å². The van der Waals surface area contributed by atoms with E-state index in [9.17, 15) is 14.2 Å². The van der Waals surface area contributed by atoms with Crippen LogP contribution in [0.5, 0.6) is 0 Å². The van der Waals surface area contributed by atoms with Crippen molar-refractivity contribution in [2.75, 3.05) is 45.6 Å². The van der Waals surface area contributed by atoms with E-state index in [4.69, 9.17) is 19.9 Å². The second-order valence-electron chi connectivity index (χ2n) is 5.16. The minimum atomic E-state index is -3.21. The number of carbonyl (C=O) groups excluding carboxylic acids is 1. The number of nitrogens with two attached hydrogens (primary N) is 1. The van der Waals surface area contributed by atoms with Crippen LogP contribution in [-0.4, -0.2) is 78.5 Å². The van der Waals surface area contributed by atoms with Crippen LogP contribution in [0, 0.1) is 0 Å². The molecule has 10 heteroatoms. The van der Waals surface area contributed by atoms with Gasteiger partial charge in [-0.2, -0.15) is 0 Å². The van der Waals surface area contributed by atoms with E-state index in [1.165, 1.54) is 9.80 Å². The minimum absolute atomic E-state index is 0.0800. The Bertz CT molecular complexity index is 443. The highest BCUT2D eigenvalue weighted by Crippen LogP contribution is 2.48. The van der Waals surface area contributed by atoms with Gasteiger partial charge in [-0.3, -0.25) is 9.36 Å². The third kappa shape index (κ3) is 6.10. The van der Waals surface area contributed by atoms with Crippen molar-refractivity contribution in [1.82, 2.24) is 9.80 Å². The Kier molecular flexibility index (Phi) is 7.98. The highest BCUT2D eigenvalue weighted by Gasteiger charge is 2.30. The Morgan fingerprint density at radius 1 is 1.13 bits per heavy atom. The SMILES string of the molecule is CCOP(=O)(CC[C@@H](N)C(=O)N1CCN(C(=O)O)CC1)OCC. The van der Waals surface area contributed by atoms with E-state index < -0.39 is 19.7 Å². The molecule has 23 heavy (non-hydrogen) atoms. The first-order chi connectivity index (χ1) is 10.8. The zero-order valence-electron chi connectivity index (χ0n) is 13.6. The molecule has 0 radical (unpaired) electrons. The largest absolute Gasteiger partial charge is 0.465 e. The summed E-state index contributed by atoms with van der Waals surface area (Å²) in [5.74, 6) is -0.269. The summed E-state index contributed by atoms with van der Waals surface area (Å²) < 4.78 is 22.7. The Hall–Kier alpha value is -1.15.